The highest BCUT2D eigenvalue weighted by Crippen LogP contribution is 2.18. The highest BCUT2D eigenvalue weighted by Gasteiger charge is 2.27. The molecule has 2 amide bonds. The van der Waals surface area contributed by atoms with Crippen LogP contribution in [0.5, 0.6) is 0 Å². The predicted octanol–water partition coefficient (Wildman–Crippen LogP) is 1.04. The van der Waals surface area contributed by atoms with Crippen LogP contribution in [0.25, 0.3) is 0 Å². The van der Waals surface area contributed by atoms with Gasteiger partial charge in [0.25, 0.3) is 5.56 Å². The van der Waals surface area contributed by atoms with E-state index in [0.717, 1.165) is 0 Å². The van der Waals surface area contributed by atoms with Gasteiger partial charge < -0.3 is 15.2 Å². The minimum atomic E-state index is -0.563. The lowest BCUT2D eigenvalue weighted by Gasteiger charge is -2.31. The number of benzene rings is 1. The molecule has 1 aromatic carbocycles. The van der Waals surface area contributed by atoms with Crippen LogP contribution in [-0.2, 0) is 22.4 Å². The first-order chi connectivity index (χ1) is 14.8. The molecule has 1 fully saturated rings. The van der Waals surface area contributed by atoms with E-state index in [4.69, 9.17) is 0 Å². The Labute approximate surface area is 178 Å². The summed E-state index contributed by atoms with van der Waals surface area (Å²) in [5, 5.41) is 2.86. The summed E-state index contributed by atoms with van der Waals surface area (Å²) in [7, 11) is 0. The monoisotopic (exact) mass is 430 g/mol. The van der Waals surface area contributed by atoms with Crippen LogP contribution in [-0.4, -0.2) is 46.3 Å². The Morgan fingerprint density at radius 1 is 1.13 bits per heavy atom. The molecular formula is C22H27FN4O4. The number of H-pyrrole nitrogens is 2. The highest BCUT2D eigenvalue weighted by atomic mass is 19.1. The van der Waals surface area contributed by atoms with Crippen LogP contribution >= 0.6 is 0 Å². The lowest BCUT2D eigenvalue weighted by Crippen LogP contribution is -2.43. The maximum absolute atomic E-state index is 13.6. The van der Waals surface area contributed by atoms with E-state index in [1.54, 1.807) is 30.0 Å². The van der Waals surface area contributed by atoms with E-state index < -0.39 is 11.2 Å². The average Bonchev–Trinajstić information content (AvgIpc) is 2.74. The van der Waals surface area contributed by atoms with E-state index in [0.29, 0.717) is 55.7 Å². The second-order valence-corrected chi connectivity index (χ2v) is 7.80. The number of halogens is 1. The van der Waals surface area contributed by atoms with Crippen molar-refractivity contribution < 1.29 is 14.0 Å². The molecular weight excluding hydrogens is 403 g/mol. The summed E-state index contributed by atoms with van der Waals surface area (Å²) < 4.78 is 13.6. The number of aromatic amines is 2. The number of amides is 2. The largest absolute Gasteiger partial charge is 0.356 e. The van der Waals surface area contributed by atoms with Crippen molar-refractivity contribution in [3.8, 4) is 0 Å². The van der Waals surface area contributed by atoms with Crippen LogP contribution in [0.3, 0.4) is 0 Å². The first-order valence-corrected chi connectivity index (χ1v) is 10.5. The second-order valence-electron chi connectivity index (χ2n) is 7.80. The van der Waals surface area contributed by atoms with Crippen molar-refractivity contribution in [2.24, 2.45) is 5.92 Å². The van der Waals surface area contributed by atoms with E-state index in [1.165, 1.54) is 6.07 Å². The number of hydrogen-bond acceptors (Lipinski definition) is 4. The average molecular weight is 430 g/mol. The summed E-state index contributed by atoms with van der Waals surface area (Å²) in [5.41, 5.74) is 0.399. The predicted molar refractivity (Wildman–Crippen MR) is 113 cm³/mol. The number of carbonyl (C=O) groups is 2. The number of carbonyl (C=O) groups excluding carboxylic acids is 2. The smallest absolute Gasteiger partial charge is 0.325 e. The molecule has 3 rings (SSSR count). The summed E-state index contributed by atoms with van der Waals surface area (Å²) in [6.45, 7) is 2.95. The molecule has 0 atom stereocenters. The summed E-state index contributed by atoms with van der Waals surface area (Å²) in [6.07, 6.45) is 1.97. The zero-order valence-corrected chi connectivity index (χ0v) is 17.5. The van der Waals surface area contributed by atoms with E-state index >= 15 is 0 Å². The molecule has 166 valence electrons. The zero-order chi connectivity index (χ0) is 22.4. The SMILES string of the molecule is Cc1[nH]c(=O)[nH]c(=O)c1CCC(=O)N1CCC(C(=O)NCCc2ccccc2F)CC1. The highest BCUT2D eigenvalue weighted by molar-refractivity contribution is 5.80. The Hall–Kier alpha value is -3.23. The second kappa shape index (κ2) is 10.2. The van der Waals surface area contributed by atoms with E-state index in [1.807, 2.05) is 0 Å². The van der Waals surface area contributed by atoms with Gasteiger partial charge in [-0.2, -0.15) is 0 Å². The lowest BCUT2D eigenvalue weighted by molar-refractivity contribution is -0.135. The number of likely N-dealkylation sites (tertiary alicyclic amines) is 1. The quantitative estimate of drug-likeness (QED) is 0.609. The summed E-state index contributed by atoms with van der Waals surface area (Å²) in [6, 6.07) is 6.50. The Morgan fingerprint density at radius 2 is 1.84 bits per heavy atom. The van der Waals surface area contributed by atoms with Gasteiger partial charge in [-0.15, -0.1) is 0 Å². The number of nitrogens with one attached hydrogen (secondary N) is 3. The van der Waals surface area contributed by atoms with Crippen LogP contribution in [0.2, 0.25) is 0 Å². The minimum absolute atomic E-state index is 0.0705. The first kappa shape index (κ1) is 22.5. The molecule has 0 bridgehead atoms. The lowest BCUT2D eigenvalue weighted by atomic mass is 9.95. The van der Waals surface area contributed by atoms with Crippen molar-refractivity contribution in [3.63, 3.8) is 0 Å². The molecule has 2 aromatic rings. The third-order valence-corrected chi connectivity index (χ3v) is 5.71. The fraction of sp³-hybridized carbons (Fsp3) is 0.455. The van der Waals surface area contributed by atoms with Crippen LogP contribution in [0, 0.1) is 18.7 Å². The molecule has 1 aliphatic rings. The van der Waals surface area contributed by atoms with Crippen molar-refractivity contribution >= 4 is 11.8 Å². The third-order valence-electron chi connectivity index (χ3n) is 5.71. The van der Waals surface area contributed by atoms with Crippen molar-refractivity contribution in [2.45, 2.75) is 39.0 Å². The molecule has 0 spiro atoms. The topological polar surface area (TPSA) is 115 Å². The normalized spacial score (nSPS) is 14.5. The molecule has 0 unspecified atom stereocenters. The number of hydrogen-bond donors (Lipinski definition) is 3. The molecule has 0 radical (unpaired) electrons. The fourth-order valence-electron chi connectivity index (χ4n) is 3.87. The van der Waals surface area contributed by atoms with Crippen molar-refractivity contribution in [2.75, 3.05) is 19.6 Å². The molecule has 9 heteroatoms. The van der Waals surface area contributed by atoms with E-state index in [2.05, 4.69) is 15.3 Å². The van der Waals surface area contributed by atoms with Crippen molar-refractivity contribution in [1.82, 2.24) is 20.2 Å². The van der Waals surface area contributed by atoms with Crippen LogP contribution in [0.15, 0.2) is 33.9 Å². The van der Waals surface area contributed by atoms with Crippen molar-refractivity contribution in [3.05, 3.63) is 67.7 Å². The van der Waals surface area contributed by atoms with Crippen LogP contribution in [0.4, 0.5) is 4.39 Å². The van der Waals surface area contributed by atoms with Gasteiger partial charge in [0.1, 0.15) is 5.82 Å². The minimum Gasteiger partial charge on any atom is -0.356 e. The summed E-state index contributed by atoms with van der Waals surface area (Å²) in [4.78, 5) is 54.5. The van der Waals surface area contributed by atoms with Gasteiger partial charge >= 0.3 is 5.69 Å². The van der Waals surface area contributed by atoms with E-state index in [-0.39, 0.29) is 36.4 Å². The number of aromatic nitrogens is 2. The Balaban J connectivity index is 1.42. The molecule has 8 nitrogen and oxygen atoms in total. The number of rotatable bonds is 7. The van der Waals surface area contributed by atoms with E-state index in [9.17, 15) is 23.6 Å². The van der Waals surface area contributed by atoms with Gasteiger partial charge in [0, 0.05) is 43.2 Å². The molecule has 2 heterocycles. The maximum Gasteiger partial charge on any atom is 0.325 e. The molecule has 31 heavy (non-hydrogen) atoms. The zero-order valence-electron chi connectivity index (χ0n) is 17.5. The number of aryl methyl sites for hydroxylation is 1. The van der Waals surface area contributed by atoms with Gasteiger partial charge in [-0.25, -0.2) is 9.18 Å². The maximum atomic E-state index is 13.6. The third kappa shape index (κ3) is 5.90. The summed E-state index contributed by atoms with van der Waals surface area (Å²) >= 11 is 0. The standard InChI is InChI=1S/C22H27FN4O4/c1-14-17(21(30)26-22(31)25-14)6-7-19(28)27-12-9-16(10-13-27)20(29)24-11-8-15-4-2-3-5-18(15)23/h2-5,16H,6-13H2,1H3,(H,24,29)(H2,25,26,30,31). The number of nitrogens with zero attached hydrogens (tertiary/aromatic N) is 1. The molecule has 1 saturated heterocycles. The number of piperidine rings is 1. The summed E-state index contributed by atoms with van der Waals surface area (Å²) in [5.74, 6) is -0.598. The van der Waals surface area contributed by atoms with Gasteiger partial charge in [0.2, 0.25) is 11.8 Å². The molecule has 1 aromatic heterocycles. The van der Waals surface area contributed by atoms with Gasteiger partial charge in [0.15, 0.2) is 0 Å². The van der Waals surface area contributed by atoms with Gasteiger partial charge in [-0.3, -0.25) is 19.4 Å². The Bertz CT molecular complexity index is 1050. The van der Waals surface area contributed by atoms with Gasteiger partial charge in [0.05, 0.1) is 0 Å². The molecule has 3 N–H and O–H groups in total. The molecule has 1 aliphatic heterocycles. The molecule has 0 saturated carbocycles. The fourth-order valence-corrected chi connectivity index (χ4v) is 3.87. The Morgan fingerprint density at radius 3 is 2.52 bits per heavy atom. The van der Waals surface area contributed by atoms with Gasteiger partial charge in [-0.05, 0) is 44.2 Å². The van der Waals surface area contributed by atoms with Gasteiger partial charge in [-0.1, -0.05) is 18.2 Å². The molecule has 0 aliphatic carbocycles. The first-order valence-electron chi connectivity index (χ1n) is 10.5. The van der Waals surface area contributed by atoms with Crippen molar-refractivity contribution in [1.29, 1.82) is 0 Å². The Kier molecular flexibility index (Phi) is 7.38. The van der Waals surface area contributed by atoms with Crippen LogP contribution in [0.1, 0.15) is 36.1 Å². The van der Waals surface area contributed by atoms with Crippen LogP contribution < -0.4 is 16.6 Å².